The predicted molar refractivity (Wildman–Crippen MR) is 94.7 cm³/mol. The second kappa shape index (κ2) is 8.16. The monoisotopic (exact) mass is 320 g/mol. The summed E-state index contributed by atoms with van der Waals surface area (Å²) in [5.74, 6) is 0.0185. The van der Waals surface area contributed by atoms with Crippen LogP contribution >= 0.6 is 0 Å². The number of benzene rings is 2. The number of aryl methyl sites for hydroxylation is 1. The van der Waals surface area contributed by atoms with E-state index in [-0.39, 0.29) is 5.92 Å². The first-order valence-electron chi connectivity index (χ1n) is 8.07. The summed E-state index contributed by atoms with van der Waals surface area (Å²) in [5.41, 5.74) is 5.41. The van der Waals surface area contributed by atoms with E-state index in [0.29, 0.717) is 17.8 Å². The summed E-state index contributed by atoms with van der Waals surface area (Å²) in [6, 6.07) is 11.6. The fourth-order valence-corrected chi connectivity index (χ4v) is 3.23. The van der Waals surface area contributed by atoms with Crippen LogP contribution < -0.4 is 0 Å². The molecule has 0 saturated carbocycles. The Hall–Kier alpha value is -2.80. The van der Waals surface area contributed by atoms with Crippen molar-refractivity contribution in [2.75, 3.05) is 0 Å². The number of rotatable bonds is 6. The van der Waals surface area contributed by atoms with Crippen LogP contribution in [0.4, 0.5) is 11.4 Å². The lowest BCUT2D eigenvalue weighted by molar-refractivity contribution is 0.564. The molecule has 0 N–H and O–H groups in total. The van der Waals surface area contributed by atoms with Gasteiger partial charge in [0.1, 0.15) is 0 Å². The van der Waals surface area contributed by atoms with Crippen LogP contribution in [0.5, 0.6) is 0 Å². The average Bonchev–Trinajstić information content (AvgIpc) is 2.62. The van der Waals surface area contributed by atoms with Crippen molar-refractivity contribution in [3.63, 3.8) is 0 Å². The number of aliphatic imine (C=N–C) groups is 2. The topological polar surface area (TPSA) is 58.9 Å². The highest BCUT2D eigenvalue weighted by Gasteiger charge is 2.20. The van der Waals surface area contributed by atoms with Crippen molar-refractivity contribution in [2.24, 2.45) is 9.98 Å². The Kier molecular flexibility index (Phi) is 5.97. The van der Waals surface area contributed by atoms with Gasteiger partial charge in [-0.2, -0.15) is 9.98 Å². The Labute approximate surface area is 142 Å². The molecule has 0 heterocycles. The average molecular weight is 320 g/mol. The van der Waals surface area contributed by atoms with E-state index in [1.54, 1.807) is 24.3 Å². The maximum atomic E-state index is 10.8. The molecule has 1 unspecified atom stereocenters. The van der Waals surface area contributed by atoms with Gasteiger partial charge in [-0.3, -0.25) is 0 Å². The summed E-state index contributed by atoms with van der Waals surface area (Å²) >= 11 is 0. The Bertz CT molecular complexity index is 830. The van der Waals surface area contributed by atoms with Crippen LogP contribution in [0.15, 0.2) is 46.4 Å². The number of hydrogen-bond donors (Lipinski definition) is 0. The van der Waals surface area contributed by atoms with Gasteiger partial charge in [-0.05, 0) is 47.2 Å². The summed E-state index contributed by atoms with van der Waals surface area (Å²) in [6.45, 7) is 6.20. The Morgan fingerprint density at radius 1 is 0.917 bits per heavy atom. The fourth-order valence-electron chi connectivity index (χ4n) is 3.23. The molecular formula is C20H20N2O2. The summed E-state index contributed by atoms with van der Waals surface area (Å²) in [4.78, 5) is 29.3. The third-order valence-corrected chi connectivity index (χ3v) is 4.33. The van der Waals surface area contributed by atoms with Gasteiger partial charge in [0, 0.05) is 5.92 Å². The molecule has 1 atom stereocenters. The Morgan fingerprint density at radius 3 is 2.17 bits per heavy atom. The van der Waals surface area contributed by atoms with Crippen LogP contribution in [-0.4, -0.2) is 12.2 Å². The van der Waals surface area contributed by atoms with Crippen molar-refractivity contribution in [3.8, 4) is 0 Å². The highest BCUT2D eigenvalue weighted by atomic mass is 16.1. The van der Waals surface area contributed by atoms with Gasteiger partial charge >= 0.3 is 0 Å². The molecule has 0 radical (unpaired) electrons. The van der Waals surface area contributed by atoms with E-state index in [4.69, 9.17) is 0 Å². The molecule has 2 aromatic rings. The fraction of sp³-hybridized carbons (Fsp3) is 0.300. The van der Waals surface area contributed by atoms with Crippen molar-refractivity contribution in [1.82, 2.24) is 0 Å². The van der Waals surface area contributed by atoms with E-state index in [0.717, 1.165) is 17.5 Å². The molecule has 2 rings (SSSR count). The zero-order valence-corrected chi connectivity index (χ0v) is 14.2. The molecule has 0 aliphatic heterocycles. The van der Waals surface area contributed by atoms with Crippen molar-refractivity contribution >= 4 is 23.5 Å². The number of hydrogen-bond acceptors (Lipinski definition) is 4. The molecule has 0 aromatic heterocycles. The summed E-state index contributed by atoms with van der Waals surface area (Å²) in [5, 5.41) is 0. The first kappa shape index (κ1) is 17.6. The highest BCUT2D eigenvalue weighted by molar-refractivity contribution is 5.68. The lowest BCUT2D eigenvalue weighted by Gasteiger charge is -2.21. The van der Waals surface area contributed by atoms with Crippen molar-refractivity contribution in [3.05, 3.63) is 58.7 Å². The van der Waals surface area contributed by atoms with Crippen molar-refractivity contribution < 1.29 is 9.59 Å². The molecule has 0 amide bonds. The van der Waals surface area contributed by atoms with Gasteiger partial charge in [0.05, 0.1) is 11.4 Å². The number of carbonyl (C=O) groups excluding carboxylic acids is 2. The smallest absolute Gasteiger partial charge is 0.211 e. The summed E-state index contributed by atoms with van der Waals surface area (Å²) < 4.78 is 0. The second-order valence-electron chi connectivity index (χ2n) is 5.53. The van der Waals surface area contributed by atoms with Crippen molar-refractivity contribution in [1.29, 1.82) is 0 Å². The van der Waals surface area contributed by atoms with Gasteiger partial charge in [0.2, 0.25) is 12.2 Å². The zero-order valence-electron chi connectivity index (χ0n) is 14.2. The molecule has 4 nitrogen and oxygen atoms in total. The van der Waals surface area contributed by atoms with E-state index < -0.39 is 0 Å². The van der Waals surface area contributed by atoms with Crippen LogP contribution in [0.3, 0.4) is 0 Å². The molecule has 0 fully saturated rings. The third-order valence-electron chi connectivity index (χ3n) is 4.33. The van der Waals surface area contributed by atoms with E-state index >= 15 is 0 Å². The van der Waals surface area contributed by atoms with Crippen LogP contribution in [0, 0.1) is 0 Å². The van der Waals surface area contributed by atoms with E-state index in [9.17, 15) is 9.59 Å². The maximum Gasteiger partial charge on any atom is 0.240 e. The van der Waals surface area contributed by atoms with Gasteiger partial charge in [0.25, 0.3) is 0 Å². The third kappa shape index (κ3) is 3.41. The van der Waals surface area contributed by atoms with Gasteiger partial charge in [-0.25, -0.2) is 9.59 Å². The second-order valence-corrected chi connectivity index (χ2v) is 5.53. The van der Waals surface area contributed by atoms with Crippen LogP contribution in [0.1, 0.15) is 48.9 Å². The van der Waals surface area contributed by atoms with Crippen LogP contribution in [0.25, 0.3) is 0 Å². The first-order valence-corrected chi connectivity index (χ1v) is 8.07. The summed E-state index contributed by atoms with van der Waals surface area (Å²) in [6.07, 6.45) is 4.83. The molecule has 122 valence electrons. The van der Waals surface area contributed by atoms with E-state index in [1.807, 2.05) is 19.1 Å². The molecule has 2 aromatic carbocycles. The zero-order chi connectivity index (χ0) is 17.5. The minimum Gasteiger partial charge on any atom is -0.211 e. The number of isocyanates is 2. The van der Waals surface area contributed by atoms with E-state index in [1.165, 1.54) is 11.1 Å². The number of nitrogens with zero attached hydrogens (tertiary/aromatic N) is 2. The molecule has 0 aliphatic rings. The quantitative estimate of drug-likeness (QED) is 0.561. The molecule has 4 heteroatoms. The molecular weight excluding hydrogens is 300 g/mol. The first-order chi connectivity index (χ1) is 11.7. The maximum absolute atomic E-state index is 10.8. The lowest BCUT2D eigenvalue weighted by Crippen LogP contribution is -2.04. The summed E-state index contributed by atoms with van der Waals surface area (Å²) in [7, 11) is 0. The highest BCUT2D eigenvalue weighted by Crippen LogP contribution is 2.40. The lowest BCUT2D eigenvalue weighted by atomic mass is 9.84. The minimum absolute atomic E-state index is 0.0185. The van der Waals surface area contributed by atoms with Gasteiger partial charge in [-0.1, -0.05) is 45.0 Å². The van der Waals surface area contributed by atoms with Crippen LogP contribution in [-0.2, 0) is 22.4 Å². The largest absolute Gasteiger partial charge is 0.240 e. The molecule has 0 aliphatic carbocycles. The minimum atomic E-state index is 0.0185. The normalized spacial score (nSPS) is 11.3. The molecule has 0 saturated heterocycles. The van der Waals surface area contributed by atoms with Crippen molar-refractivity contribution in [2.45, 2.75) is 39.5 Å². The van der Waals surface area contributed by atoms with Gasteiger partial charge in [0.15, 0.2) is 0 Å². The molecule has 0 bridgehead atoms. The van der Waals surface area contributed by atoms with Gasteiger partial charge in [-0.15, -0.1) is 0 Å². The predicted octanol–water partition coefficient (Wildman–Crippen LogP) is 4.90. The van der Waals surface area contributed by atoms with Gasteiger partial charge < -0.3 is 0 Å². The SMILES string of the molecule is CCc1ccccc1C(C)c1c(N=C=O)ccc(N=C=O)c1CC. The Morgan fingerprint density at radius 2 is 1.54 bits per heavy atom. The molecule has 24 heavy (non-hydrogen) atoms. The molecule has 0 spiro atoms. The Balaban J connectivity index is 2.76. The van der Waals surface area contributed by atoms with E-state index in [2.05, 4.69) is 36.0 Å². The standard InChI is InChI=1S/C20H20N2O2/c1-4-15-8-6-7-9-17(15)14(3)20-16(5-2)18(21-12-23)10-11-19(20)22-13-24/h6-11,14H,4-5H2,1-3H3. The van der Waals surface area contributed by atoms with Crippen LogP contribution in [0.2, 0.25) is 0 Å².